The van der Waals surface area contributed by atoms with E-state index in [4.69, 9.17) is 4.74 Å². The number of carbonyl (C=O) groups is 1. The molecule has 2 bridgehead atoms. The predicted octanol–water partition coefficient (Wildman–Crippen LogP) is 2.96. The van der Waals surface area contributed by atoms with Gasteiger partial charge in [-0.15, -0.1) is 0 Å². The molecule has 0 N–H and O–H groups in total. The number of nitrogens with zero attached hydrogens (tertiary/aromatic N) is 3. The van der Waals surface area contributed by atoms with Crippen LogP contribution in [0.5, 0.6) is 5.75 Å². The largest absolute Gasteiger partial charge is 0.487 e. The smallest absolute Gasteiger partial charge is 0.226 e. The second kappa shape index (κ2) is 4.95. The first-order valence-electron chi connectivity index (χ1n) is 9.04. The summed E-state index contributed by atoms with van der Waals surface area (Å²) < 4.78 is 5.99. The van der Waals surface area contributed by atoms with Gasteiger partial charge in [0.1, 0.15) is 23.5 Å². The zero-order valence-corrected chi connectivity index (χ0v) is 13.7. The number of carbonyl (C=O) groups excluding carboxylic acids is 1. The number of hydrogen-bond acceptors (Lipinski definition) is 4. The maximum atomic E-state index is 13.1. The fourth-order valence-corrected chi connectivity index (χ4v) is 5.43. The number of pyridine rings is 1. The van der Waals surface area contributed by atoms with E-state index in [-0.39, 0.29) is 18.1 Å². The van der Waals surface area contributed by atoms with Crippen molar-refractivity contribution in [3.05, 3.63) is 23.5 Å². The summed E-state index contributed by atoms with van der Waals surface area (Å²) in [6.45, 7) is 0.645. The lowest BCUT2D eigenvalue weighted by Crippen LogP contribution is -2.46. The highest BCUT2D eigenvalue weighted by molar-refractivity contribution is 5.81. The second-order valence-corrected chi connectivity index (χ2v) is 8.01. The number of likely N-dealkylation sites (tertiary alicyclic amines) is 1. The molecule has 5 rings (SSSR count). The third kappa shape index (κ3) is 1.92. The highest BCUT2D eigenvalue weighted by Crippen LogP contribution is 2.57. The summed E-state index contributed by atoms with van der Waals surface area (Å²) in [5.74, 6) is 1.13. The predicted molar refractivity (Wildman–Crippen MR) is 86.1 cm³/mol. The number of hydrogen-bond donors (Lipinski definition) is 0. The molecular weight excluding hydrogens is 302 g/mol. The van der Waals surface area contributed by atoms with E-state index in [1.54, 1.807) is 12.4 Å². The fraction of sp³-hybridized carbons (Fsp3) is 0.632. The maximum Gasteiger partial charge on any atom is 0.226 e. The maximum absolute atomic E-state index is 13.1. The molecule has 1 aromatic rings. The standard InChI is InChI=1S/C19H21N3O2/c20-8-13-9-21-10-15-16-5-14(24-17(13)15)11-22(16)18(23)12-6-19(7-12)3-1-2-4-19/h9-10,12,14,16H,1-7,11H2/t14-,16-/m0/s1. The quantitative estimate of drug-likeness (QED) is 0.797. The van der Waals surface area contributed by atoms with Crippen LogP contribution in [0, 0.1) is 22.7 Å². The third-order valence-electron chi connectivity index (χ3n) is 6.61. The van der Waals surface area contributed by atoms with E-state index in [9.17, 15) is 10.1 Å². The lowest BCUT2D eigenvalue weighted by molar-refractivity contribution is -0.144. The number of aromatic nitrogens is 1. The third-order valence-corrected chi connectivity index (χ3v) is 6.61. The summed E-state index contributed by atoms with van der Waals surface area (Å²) in [4.78, 5) is 19.2. The van der Waals surface area contributed by atoms with E-state index in [1.807, 2.05) is 4.90 Å². The zero-order valence-electron chi connectivity index (χ0n) is 13.7. The van der Waals surface area contributed by atoms with Crippen LogP contribution < -0.4 is 4.74 Å². The van der Waals surface area contributed by atoms with Gasteiger partial charge >= 0.3 is 0 Å². The molecule has 124 valence electrons. The second-order valence-electron chi connectivity index (χ2n) is 8.01. The molecule has 3 heterocycles. The number of nitriles is 1. The molecule has 2 aliphatic carbocycles. The van der Waals surface area contributed by atoms with Gasteiger partial charge in [0, 0.05) is 30.3 Å². The first kappa shape index (κ1) is 14.3. The Morgan fingerprint density at radius 3 is 2.88 bits per heavy atom. The molecule has 1 amide bonds. The zero-order chi connectivity index (χ0) is 16.3. The molecule has 2 atom stereocenters. The minimum atomic E-state index is 0.0152. The molecule has 0 unspecified atom stereocenters. The number of ether oxygens (including phenoxy) is 1. The molecule has 0 radical (unpaired) electrons. The van der Waals surface area contributed by atoms with E-state index in [0.717, 1.165) is 24.8 Å². The molecule has 1 aromatic heterocycles. The van der Waals surface area contributed by atoms with E-state index >= 15 is 0 Å². The van der Waals surface area contributed by atoms with Crippen molar-refractivity contribution in [1.82, 2.24) is 9.88 Å². The Morgan fingerprint density at radius 2 is 2.12 bits per heavy atom. The average molecular weight is 323 g/mol. The molecule has 3 fully saturated rings. The normalized spacial score (nSPS) is 29.7. The number of rotatable bonds is 1. The van der Waals surface area contributed by atoms with Crippen LogP contribution >= 0.6 is 0 Å². The van der Waals surface area contributed by atoms with Gasteiger partial charge in [-0.05, 0) is 31.1 Å². The Hall–Kier alpha value is -2.09. The van der Waals surface area contributed by atoms with Crippen molar-refractivity contribution in [1.29, 1.82) is 5.26 Å². The Labute approximate surface area is 141 Å². The number of fused-ring (bicyclic) bond motifs is 4. The summed E-state index contributed by atoms with van der Waals surface area (Å²) in [7, 11) is 0. The lowest BCUT2D eigenvalue weighted by Gasteiger charge is -2.46. The minimum Gasteiger partial charge on any atom is -0.487 e. The minimum absolute atomic E-state index is 0.0152. The number of amides is 1. The van der Waals surface area contributed by atoms with Crippen LogP contribution in [0.25, 0.3) is 0 Å². The summed E-state index contributed by atoms with van der Waals surface area (Å²) in [6.07, 6.45) is 11.6. The Bertz CT molecular complexity index is 739. The molecule has 24 heavy (non-hydrogen) atoms. The van der Waals surface area contributed by atoms with Gasteiger partial charge in [0.05, 0.1) is 12.6 Å². The molecular formula is C19H21N3O2. The van der Waals surface area contributed by atoms with Crippen LogP contribution in [-0.2, 0) is 4.79 Å². The monoisotopic (exact) mass is 323 g/mol. The van der Waals surface area contributed by atoms with Gasteiger partial charge in [-0.3, -0.25) is 9.78 Å². The summed E-state index contributed by atoms with van der Waals surface area (Å²) in [5, 5.41) is 9.26. The molecule has 2 saturated carbocycles. The van der Waals surface area contributed by atoms with Gasteiger partial charge in [0.2, 0.25) is 5.91 Å². The van der Waals surface area contributed by atoms with Gasteiger partial charge in [-0.1, -0.05) is 12.8 Å². The van der Waals surface area contributed by atoms with Gasteiger partial charge in [-0.25, -0.2) is 0 Å². The van der Waals surface area contributed by atoms with Crippen LogP contribution in [0.1, 0.15) is 62.1 Å². The average Bonchev–Trinajstić information content (AvgIpc) is 3.18. The van der Waals surface area contributed by atoms with E-state index in [2.05, 4.69) is 11.1 Å². The summed E-state index contributed by atoms with van der Waals surface area (Å²) in [5.41, 5.74) is 1.87. The highest BCUT2D eigenvalue weighted by atomic mass is 16.5. The molecule has 5 nitrogen and oxygen atoms in total. The first-order chi connectivity index (χ1) is 11.7. The van der Waals surface area contributed by atoms with Crippen LogP contribution in [0.4, 0.5) is 0 Å². The van der Waals surface area contributed by atoms with Crippen LogP contribution in [0.3, 0.4) is 0 Å². The molecule has 4 aliphatic rings. The van der Waals surface area contributed by atoms with E-state index in [0.29, 0.717) is 29.2 Å². The van der Waals surface area contributed by atoms with Gasteiger partial charge in [0.25, 0.3) is 0 Å². The first-order valence-corrected chi connectivity index (χ1v) is 9.04. The van der Waals surface area contributed by atoms with Crippen LogP contribution in [0.2, 0.25) is 0 Å². The van der Waals surface area contributed by atoms with Crippen molar-refractivity contribution in [3.63, 3.8) is 0 Å². The molecule has 1 spiro atoms. The SMILES string of the molecule is N#Cc1cncc2c1O[C@H]1C[C@@H]2N(C(=O)C2CC3(CCCC3)C2)C1. The van der Waals surface area contributed by atoms with Crippen molar-refractivity contribution >= 4 is 5.91 Å². The van der Waals surface area contributed by atoms with Crippen molar-refractivity contribution in [3.8, 4) is 11.8 Å². The highest BCUT2D eigenvalue weighted by Gasteiger charge is 2.52. The van der Waals surface area contributed by atoms with Gasteiger partial charge < -0.3 is 9.64 Å². The summed E-state index contributed by atoms with van der Waals surface area (Å²) >= 11 is 0. The lowest BCUT2D eigenvalue weighted by atomic mass is 9.60. The molecule has 2 aliphatic heterocycles. The molecule has 5 heteroatoms. The van der Waals surface area contributed by atoms with Gasteiger partial charge in [-0.2, -0.15) is 5.26 Å². The van der Waals surface area contributed by atoms with Crippen molar-refractivity contribution in [2.45, 2.75) is 57.1 Å². The van der Waals surface area contributed by atoms with Crippen molar-refractivity contribution < 1.29 is 9.53 Å². The molecule has 1 saturated heterocycles. The summed E-state index contributed by atoms with van der Waals surface area (Å²) in [6, 6.07) is 2.19. The topological polar surface area (TPSA) is 66.2 Å². The molecule has 0 aromatic carbocycles. The van der Waals surface area contributed by atoms with Gasteiger partial charge in [0.15, 0.2) is 0 Å². The van der Waals surface area contributed by atoms with Crippen molar-refractivity contribution in [2.24, 2.45) is 11.3 Å². The van der Waals surface area contributed by atoms with Crippen LogP contribution in [-0.4, -0.2) is 28.4 Å². The Morgan fingerprint density at radius 1 is 1.33 bits per heavy atom. The fourth-order valence-electron chi connectivity index (χ4n) is 5.43. The Kier molecular flexibility index (Phi) is 2.94. The van der Waals surface area contributed by atoms with Crippen LogP contribution in [0.15, 0.2) is 12.4 Å². The van der Waals surface area contributed by atoms with E-state index < -0.39 is 0 Å². The van der Waals surface area contributed by atoms with E-state index in [1.165, 1.54) is 25.7 Å². The Balaban J connectivity index is 1.38. The van der Waals surface area contributed by atoms with Crippen molar-refractivity contribution in [2.75, 3.05) is 6.54 Å².